The predicted octanol–water partition coefficient (Wildman–Crippen LogP) is 3.40. The lowest BCUT2D eigenvalue weighted by molar-refractivity contribution is 0.101. The van der Waals surface area contributed by atoms with Gasteiger partial charge in [-0.1, -0.05) is 24.6 Å². The molecule has 2 rings (SSSR count). The second kappa shape index (κ2) is 5.01. The topological polar surface area (TPSA) is 20.2 Å². The zero-order chi connectivity index (χ0) is 11.5. The number of aliphatic hydroxyl groups is 1. The van der Waals surface area contributed by atoms with E-state index in [-0.39, 0.29) is 6.10 Å². The molecule has 0 radical (unpaired) electrons. The SMILES string of the molecule is Cc1cccc(C)c1CC1CCCC(O)C1. The van der Waals surface area contributed by atoms with E-state index in [2.05, 4.69) is 32.0 Å². The Bertz CT molecular complexity index is 336. The minimum Gasteiger partial charge on any atom is -0.393 e. The average molecular weight is 218 g/mol. The van der Waals surface area contributed by atoms with Gasteiger partial charge in [0.25, 0.3) is 0 Å². The Kier molecular flexibility index (Phi) is 3.65. The van der Waals surface area contributed by atoms with Gasteiger partial charge >= 0.3 is 0 Å². The largest absolute Gasteiger partial charge is 0.393 e. The normalized spacial score (nSPS) is 25.7. The van der Waals surface area contributed by atoms with E-state index in [9.17, 15) is 5.11 Å². The van der Waals surface area contributed by atoms with Crippen LogP contribution in [-0.2, 0) is 6.42 Å². The fourth-order valence-corrected chi connectivity index (χ4v) is 2.91. The molecule has 1 saturated carbocycles. The highest BCUT2D eigenvalue weighted by molar-refractivity contribution is 5.33. The van der Waals surface area contributed by atoms with Gasteiger partial charge in [0.15, 0.2) is 0 Å². The molecule has 88 valence electrons. The summed E-state index contributed by atoms with van der Waals surface area (Å²) in [6.45, 7) is 4.39. The summed E-state index contributed by atoms with van der Waals surface area (Å²) < 4.78 is 0. The van der Waals surface area contributed by atoms with Gasteiger partial charge in [-0.2, -0.15) is 0 Å². The first-order valence-corrected chi connectivity index (χ1v) is 6.40. The maximum absolute atomic E-state index is 9.70. The van der Waals surface area contributed by atoms with E-state index in [1.165, 1.54) is 29.5 Å². The van der Waals surface area contributed by atoms with Crippen molar-refractivity contribution in [1.29, 1.82) is 0 Å². The van der Waals surface area contributed by atoms with Crippen LogP contribution in [0, 0.1) is 19.8 Å². The van der Waals surface area contributed by atoms with Crippen molar-refractivity contribution in [2.75, 3.05) is 0 Å². The first-order chi connectivity index (χ1) is 7.66. The average Bonchev–Trinajstić information content (AvgIpc) is 2.24. The molecule has 0 bridgehead atoms. The van der Waals surface area contributed by atoms with Gasteiger partial charge in [0.05, 0.1) is 6.10 Å². The standard InChI is InChI=1S/C15H22O/c1-11-5-3-6-12(2)15(11)10-13-7-4-8-14(16)9-13/h3,5-6,13-14,16H,4,7-10H2,1-2H3. The number of aryl methyl sites for hydroxylation is 2. The lowest BCUT2D eigenvalue weighted by atomic mass is 9.81. The molecule has 0 amide bonds. The van der Waals surface area contributed by atoms with Crippen LogP contribution in [0.1, 0.15) is 42.4 Å². The minimum absolute atomic E-state index is 0.0527. The first kappa shape index (κ1) is 11.7. The van der Waals surface area contributed by atoms with Crippen LogP contribution >= 0.6 is 0 Å². The van der Waals surface area contributed by atoms with Gasteiger partial charge in [0.2, 0.25) is 0 Å². The molecule has 2 unspecified atom stereocenters. The van der Waals surface area contributed by atoms with E-state index < -0.39 is 0 Å². The fraction of sp³-hybridized carbons (Fsp3) is 0.600. The molecular formula is C15H22O. The van der Waals surface area contributed by atoms with Crippen molar-refractivity contribution in [3.63, 3.8) is 0 Å². The minimum atomic E-state index is -0.0527. The molecule has 2 atom stereocenters. The Balaban J connectivity index is 2.08. The van der Waals surface area contributed by atoms with E-state index in [1.54, 1.807) is 0 Å². The molecule has 16 heavy (non-hydrogen) atoms. The lowest BCUT2D eigenvalue weighted by Gasteiger charge is -2.26. The van der Waals surface area contributed by atoms with Crippen LogP contribution in [0.5, 0.6) is 0 Å². The van der Waals surface area contributed by atoms with Crippen LogP contribution in [0.25, 0.3) is 0 Å². The van der Waals surface area contributed by atoms with Gasteiger partial charge < -0.3 is 5.11 Å². The highest BCUT2D eigenvalue weighted by atomic mass is 16.3. The molecule has 0 aliphatic heterocycles. The summed E-state index contributed by atoms with van der Waals surface area (Å²) in [5.41, 5.74) is 4.31. The molecule has 1 aromatic carbocycles. The highest BCUT2D eigenvalue weighted by Crippen LogP contribution is 2.29. The van der Waals surface area contributed by atoms with Crippen LogP contribution in [0.3, 0.4) is 0 Å². The van der Waals surface area contributed by atoms with E-state index in [0.29, 0.717) is 5.92 Å². The van der Waals surface area contributed by atoms with Crippen LogP contribution in [-0.4, -0.2) is 11.2 Å². The molecule has 1 aliphatic rings. The lowest BCUT2D eigenvalue weighted by Crippen LogP contribution is -2.21. The van der Waals surface area contributed by atoms with Gasteiger partial charge in [-0.15, -0.1) is 0 Å². The fourth-order valence-electron chi connectivity index (χ4n) is 2.91. The van der Waals surface area contributed by atoms with Gasteiger partial charge in [-0.05, 0) is 62.1 Å². The van der Waals surface area contributed by atoms with Crippen molar-refractivity contribution in [3.8, 4) is 0 Å². The number of hydrogen-bond acceptors (Lipinski definition) is 1. The number of hydrogen-bond donors (Lipinski definition) is 1. The highest BCUT2D eigenvalue weighted by Gasteiger charge is 2.21. The van der Waals surface area contributed by atoms with E-state index in [4.69, 9.17) is 0 Å². The summed E-state index contributed by atoms with van der Waals surface area (Å²) in [5, 5.41) is 9.70. The number of aliphatic hydroxyl groups excluding tert-OH is 1. The molecule has 1 fully saturated rings. The van der Waals surface area contributed by atoms with Crippen molar-refractivity contribution in [2.24, 2.45) is 5.92 Å². The Labute approximate surface area is 98.5 Å². The van der Waals surface area contributed by atoms with E-state index >= 15 is 0 Å². The Hall–Kier alpha value is -0.820. The van der Waals surface area contributed by atoms with Crippen molar-refractivity contribution < 1.29 is 5.11 Å². The van der Waals surface area contributed by atoms with Crippen molar-refractivity contribution in [1.82, 2.24) is 0 Å². The van der Waals surface area contributed by atoms with E-state index in [0.717, 1.165) is 19.3 Å². The van der Waals surface area contributed by atoms with Gasteiger partial charge in [0.1, 0.15) is 0 Å². The molecule has 0 spiro atoms. The van der Waals surface area contributed by atoms with Crippen LogP contribution in [0.4, 0.5) is 0 Å². The van der Waals surface area contributed by atoms with Crippen molar-refractivity contribution >= 4 is 0 Å². The van der Waals surface area contributed by atoms with Crippen molar-refractivity contribution in [3.05, 3.63) is 34.9 Å². The number of benzene rings is 1. The zero-order valence-corrected chi connectivity index (χ0v) is 10.4. The Morgan fingerprint density at radius 2 is 1.88 bits per heavy atom. The predicted molar refractivity (Wildman–Crippen MR) is 67.6 cm³/mol. The molecule has 0 heterocycles. The molecule has 1 heteroatoms. The van der Waals surface area contributed by atoms with Crippen LogP contribution < -0.4 is 0 Å². The quantitative estimate of drug-likeness (QED) is 0.806. The summed E-state index contributed by atoms with van der Waals surface area (Å²) in [4.78, 5) is 0. The Morgan fingerprint density at radius 1 is 1.19 bits per heavy atom. The summed E-state index contributed by atoms with van der Waals surface area (Å²) in [7, 11) is 0. The molecule has 1 aliphatic carbocycles. The first-order valence-electron chi connectivity index (χ1n) is 6.40. The molecule has 1 N–H and O–H groups in total. The zero-order valence-electron chi connectivity index (χ0n) is 10.4. The third-order valence-electron chi connectivity index (χ3n) is 3.89. The second-order valence-corrected chi connectivity index (χ2v) is 5.26. The number of rotatable bonds is 2. The molecule has 0 saturated heterocycles. The maximum atomic E-state index is 9.70. The molecule has 1 aromatic rings. The third kappa shape index (κ3) is 2.65. The summed E-state index contributed by atoms with van der Waals surface area (Å²) in [6.07, 6.45) is 5.57. The van der Waals surface area contributed by atoms with Gasteiger partial charge in [0, 0.05) is 0 Å². The molecule has 0 aromatic heterocycles. The van der Waals surface area contributed by atoms with Crippen LogP contribution in [0.2, 0.25) is 0 Å². The third-order valence-corrected chi connectivity index (χ3v) is 3.89. The maximum Gasteiger partial charge on any atom is 0.0543 e. The molecule has 1 nitrogen and oxygen atoms in total. The van der Waals surface area contributed by atoms with Gasteiger partial charge in [-0.25, -0.2) is 0 Å². The summed E-state index contributed by atoms with van der Waals surface area (Å²) in [6, 6.07) is 6.52. The summed E-state index contributed by atoms with van der Waals surface area (Å²) in [5.74, 6) is 0.684. The van der Waals surface area contributed by atoms with Crippen LogP contribution in [0.15, 0.2) is 18.2 Å². The smallest absolute Gasteiger partial charge is 0.0543 e. The Morgan fingerprint density at radius 3 is 2.50 bits per heavy atom. The summed E-state index contributed by atoms with van der Waals surface area (Å²) >= 11 is 0. The molecular weight excluding hydrogens is 196 g/mol. The van der Waals surface area contributed by atoms with Gasteiger partial charge in [-0.3, -0.25) is 0 Å². The van der Waals surface area contributed by atoms with E-state index in [1.807, 2.05) is 0 Å². The second-order valence-electron chi connectivity index (χ2n) is 5.26. The monoisotopic (exact) mass is 218 g/mol. The van der Waals surface area contributed by atoms with Crippen molar-refractivity contribution in [2.45, 2.75) is 52.1 Å².